The molecule has 2 aromatic rings. The predicted octanol–water partition coefficient (Wildman–Crippen LogP) is 2.98. The second-order valence-electron chi connectivity index (χ2n) is 3.86. The molecule has 0 saturated heterocycles. The van der Waals surface area contributed by atoms with Crippen molar-refractivity contribution in [2.45, 2.75) is 19.5 Å². The van der Waals surface area contributed by atoms with Crippen molar-refractivity contribution in [2.24, 2.45) is 0 Å². The molecule has 4 heteroatoms. The number of benzene rings is 1. The average Bonchev–Trinajstić information content (AvgIpc) is 2.37. The van der Waals surface area contributed by atoms with Gasteiger partial charge in [0.1, 0.15) is 6.33 Å². The maximum Gasteiger partial charge on any atom is 0.115 e. The van der Waals surface area contributed by atoms with Crippen molar-refractivity contribution in [3.05, 3.63) is 59.1 Å². The molecule has 0 aliphatic carbocycles. The topological polar surface area (TPSA) is 37.8 Å². The molecule has 1 unspecified atom stereocenters. The van der Waals surface area contributed by atoms with Gasteiger partial charge < -0.3 is 5.32 Å². The zero-order valence-electron chi connectivity index (χ0n) is 9.60. The Hall–Kier alpha value is -1.45. The molecule has 88 valence electrons. The van der Waals surface area contributed by atoms with Gasteiger partial charge in [-0.3, -0.25) is 0 Å². The summed E-state index contributed by atoms with van der Waals surface area (Å²) in [4.78, 5) is 8.05. The maximum absolute atomic E-state index is 5.96. The summed E-state index contributed by atoms with van der Waals surface area (Å²) in [7, 11) is 0. The molecule has 0 spiro atoms. The first-order chi connectivity index (χ1) is 8.25. The molecular weight excluding hydrogens is 234 g/mol. The number of hydrogen-bond donors (Lipinski definition) is 1. The third-order valence-electron chi connectivity index (χ3n) is 2.58. The zero-order valence-corrected chi connectivity index (χ0v) is 10.4. The van der Waals surface area contributed by atoms with Gasteiger partial charge in [0.05, 0.1) is 5.69 Å². The lowest BCUT2D eigenvalue weighted by atomic mass is 10.1. The van der Waals surface area contributed by atoms with E-state index < -0.39 is 0 Å². The standard InChI is InChI=1S/C13H14ClN3/c1-10(11-3-2-4-12(14)7-11)16-8-13-5-6-15-9-17-13/h2-7,9-10,16H,8H2,1H3. The molecule has 1 atom stereocenters. The van der Waals surface area contributed by atoms with Crippen LogP contribution in [0.1, 0.15) is 24.2 Å². The lowest BCUT2D eigenvalue weighted by Crippen LogP contribution is -2.18. The van der Waals surface area contributed by atoms with E-state index in [0.29, 0.717) is 0 Å². The smallest absolute Gasteiger partial charge is 0.115 e. The van der Waals surface area contributed by atoms with Crippen LogP contribution in [0.15, 0.2) is 42.9 Å². The van der Waals surface area contributed by atoms with Gasteiger partial charge in [0.2, 0.25) is 0 Å². The van der Waals surface area contributed by atoms with Crippen LogP contribution < -0.4 is 5.32 Å². The van der Waals surface area contributed by atoms with Gasteiger partial charge in [-0.05, 0) is 30.7 Å². The van der Waals surface area contributed by atoms with Gasteiger partial charge in [-0.15, -0.1) is 0 Å². The van der Waals surface area contributed by atoms with Crippen LogP contribution in [0.5, 0.6) is 0 Å². The van der Waals surface area contributed by atoms with E-state index in [1.54, 1.807) is 12.5 Å². The van der Waals surface area contributed by atoms with E-state index in [4.69, 9.17) is 11.6 Å². The summed E-state index contributed by atoms with van der Waals surface area (Å²) >= 11 is 5.96. The third-order valence-corrected chi connectivity index (χ3v) is 2.82. The quantitative estimate of drug-likeness (QED) is 0.903. The van der Waals surface area contributed by atoms with Crippen LogP contribution in [0, 0.1) is 0 Å². The summed E-state index contributed by atoms with van der Waals surface area (Å²) in [6.45, 7) is 2.82. The first kappa shape index (κ1) is 12.0. The van der Waals surface area contributed by atoms with E-state index in [1.807, 2.05) is 24.3 Å². The molecule has 0 aliphatic rings. The summed E-state index contributed by atoms with van der Waals surface area (Å²) in [5.74, 6) is 0. The SMILES string of the molecule is CC(NCc1ccncn1)c1cccc(Cl)c1. The van der Waals surface area contributed by atoms with Gasteiger partial charge in [-0.1, -0.05) is 23.7 Å². The van der Waals surface area contributed by atoms with Crippen LogP contribution in [0.2, 0.25) is 5.02 Å². The van der Waals surface area contributed by atoms with Crippen molar-refractivity contribution in [1.29, 1.82) is 0 Å². The van der Waals surface area contributed by atoms with Crippen molar-refractivity contribution in [3.8, 4) is 0 Å². The van der Waals surface area contributed by atoms with Gasteiger partial charge in [-0.2, -0.15) is 0 Å². The Kier molecular flexibility index (Phi) is 4.07. The Morgan fingerprint density at radius 3 is 2.94 bits per heavy atom. The van der Waals surface area contributed by atoms with Crippen LogP contribution in [-0.4, -0.2) is 9.97 Å². The van der Waals surface area contributed by atoms with Gasteiger partial charge in [0, 0.05) is 23.8 Å². The Morgan fingerprint density at radius 2 is 2.24 bits per heavy atom. The van der Waals surface area contributed by atoms with Gasteiger partial charge in [-0.25, -0.2) is 9.97 Å². The van der Waals surface area contributed by atoms with E-state index in [1.165, 1.54) is 5.56 Å². The second-order valence-corrected chi connectivity index (χ2v) is 4.29. The largest absolute Gasteiger partial charge is 0.305 e. The molecule has 0 saturated carbocycles. The Balaban J connectivity index is 1.96. The van der Waals surface area contributed by atoms with Crippen LogP contribution in [0.4, 0.5) is 0 Å². The molecule has 0 aliphatic heterocycles. The fourth-order valence-electron chi connectivity index (χ4n) is 1.57. The monoisotopic (exact) mass is 247 g/mol. The second kappa shape index (κ2) is 5.75. The highest BCUT2D eigenvalue weighted by molar-refractivity contribution is 6.30. The van der Waals surface area contributed by atoms with E-state index in [0.717, 1.165) is 17.3 Å². The third kappa shape index (κ3) is 3.51. The summed E-state index contributed by atoms with van der Waals surface area (Å²) in [5, 5.41) is 4.16. The number of aromatic nitrogens is 2. The molecule has 1 aromatic carbocycles. The fraction of sp³-hybridized carbons (Fsp3) is 0.231. The van der Waals surface area contributed by atoms with Crippen molar-refractivity contribution in [3.63, 3.8) is 0 Å². The van der Waals surface area contributed by atoms with E-state index in [9.17, 15) is 0 Å². The predicted molar refractivity (Wildman–Crippen MR) is 68.7 cm³/mol. The maximum atomic E-state index is 5.96. The molecule has 0 fully saturated rings. The minimum absolute atomic E-state index is 0.240. The van der Waals surface area contributed by atoms with Crippen LogP contribution in [0.3, 0.4) is 0 Å². The van der Waals surface area contributed by atoms with E-state index in [2.05, 4.69) is 28.3 Å². The molecular formula is C13H14ClN3. The summed E-state index contributed by atoms with van der Waals surface area (Å²) in [6, 6.07) is 10.0. The Labute approximate surface area is 106 Å². The van der Waals surface area contributed by atoms with E-state index in [-0.39, 0.29) is 6.04 Å². The highest BCUT2D eigenvalue weighted by Gasteiger charge is 2.05. The van der Waals surface area contributed by atoms with Crippen molar-refractivity contribution >= 4 is 11.6 Å². The normalized spacial score (nSPS) is 12.4. The number of hydrogen-bond acceptors (Lipinski definition) is 3. The van der Waals surface area contributed by atoms with Crippen molar-refractivity contribution in [1.82, 2.24) is 15.3 Å². The molecule has 1 N–H and O–H groups in total. The van der Waals surface area contributed by atoms with E-state index >= 15 is 0 Å². The lowest BCUT2D eigenvalue weighted by molar-refractivity contribution is 0.567. The highest BCUT2D eigenvalue weighted by Crippen LogP contribution is 2.17. The molecule has 17 heavy (non-hydrogen) atoms. The molecule has 1 heterocycles. The minimum atomic E-state index is 0.240. The average molecular weight is 248 g/mol. The molecule has 0 radical (unpaired) electrons. The zero-order chi connectivity index (χ0) is 12.1. The van der Waals surface area contributed by atoms with Crippen LogP contribution in [0.25, 0.3) is 0 Å². The fourth-order valence-corrected chi connectivity index (χ4v) is 1.77. The summed E-state index contributed by atoms with van der Waals surface area (Å²) in [5.41, 5.74) is 2.15. The van der Waals surface area contributed by atoms with Crippen LogP contribution >= 0.6 is 11.6 Å². The Bertz CT molecular complexity index is 473. The first-order valence-corrected chi connectivity index (χ1v) is 5.87. The summed E-state index contributed by atoms with van der Waals surface area (Å²) < 4.78 is 0. The minimum Gasteiger partial charge on any atom is -0.305 e. The number of nitrogens with one attached hydrogen (secondary N) is 1. The Morgan fingerprint density at radius 1 is 1.35 bits per heavy atom. The van der Waals surface area contributed by atoms with Crippen LogP contribution in [-0.2, 0) is 6.54 Å². The van der Waals surface area contributed by atoms with Gasteiger partial charge >= 0.3 is 0 Å². The number of rotatable bonds is 4. The lowest BCUT2D eigenvalue weighted by Gasteiger charge is -2.14. The van der Waals surface area contributed by atoms with Crippen molar-refractivity contribution in [2.75, 3.05) is 0 Å². The van der Waals surface area contributed by atoms with Gasteiger partial charge in [0.25, 0.3) is 0 Å². The molecule has 2 rings (SSSR count). The number of halogens is 1. The highest BCUT2D eigenvalue weighted by atomic mass is 35.5. The molecule has 0 amide bonds. The number of nitrogens with zero attached hydrogens (tertiary/aromatic N) is 2. The van der Waals surface area contributed by atoms with Crippen molar-refractivity contribution < 1.29 is 0 Å². The summed E-state index contributed by atoms with van der Waals surface area (Å²) in [6.07, 6.45) is 3.30. The molecule has 3 nitrogen and oxygen atoms in total. The molecule has 0 bridgehead atoms. The first-order valence-electron chi connectivity index (χ1n) is 5.49. The van der Waals surface area contributed by atoms with Gasteiger partial charge in [0.15, 0.2) is 0 Å². The molecule has 1 aromatic heterocycles.